The van der Waals surface area contributed by atoms with Crippen LogP contribution in [0.15, 0.2) is 51.2 Å². The van der Waals surface area contributed by atoms with Gasteiger partial charge < -0.3 is 9.47 Å². The number of nitrogens with zero attached hydrogens (tertiary/aromatic N) is 2. The van der Waals surface area contributed by atoms with Gasteiger partial charge in [0, 0.05) is 12.1 Å². The molecule has 0 saturated heterocycles. The number of benzene rings is 2. The molecule has 0 fully saturated rings. The number of ether oxygens (including phenoxy) is 2. The molecule has 3 aromatic rings. The largest absolute Gasteiger partial charge is 0.493 e. The summed E-state index contributed by atoms with van der Waals surface area (Å²) in [5.74, 6) is 1.03. The van der Waals surface area contributed by atoms with Gasteiger partial charge in [0.25, 0.3) is 10.0 Å². The lowest BCUT2D eigenvalue weighted by Gasteiger charge is -2.09. The number of methoxy groups -OCH3 is 2. The van der Waals surface area contributed by atoms with Crippen molar-refractivity contribution in [2.24, 2.45) is 5.10 Å². The van der Waals surface area contributed by atoms with Crippen LogP contribution in [0.4, 0.5) is 0 Å². The highest BCUT2D eigenvalue weighted by atomic mass is 32.2. The normalized spacial score (nSPS) is 12.2. The van der Waals surface area contributed by atoms with E-state index in [1.165, 1.54) is 30.9 Å². The third-order valence-electron chi connectivity index (χ3n) is 4.25. The molecule has 0 bridgehead atoms. The highest BCUT2D eigenvalue weighted by Crippen LogP contribution is 2.33. The van der Waals surface area contributed by atoms with Crippen molar-refractivity contribution < 1.29 is 17.9 Å². The van der Waals surface area contributed by atoms with Crippen molar-refractivity contribution in [3.8, 4) is 11.5 Å². The van der Waals surface area contributed by atoms with E-state index in [9.17, 15) is 13.2 Å². The minimum Gasteiger partial charge on any atom is -0.493 e. The molecule has 154 valence electrons. The number of aryl methyl sites for hydroxylation is 1. The topological polar surface area (TPSA) is 99.0 Å². The molecule has 0 unspecified atom stereocenters. The van der Waals surface area contributed by atoms with Crippen molar-refractivity contribution in [3.63, 3.8) is 0 Å². The van der Waals surface area contributed by atoms with Crippen LogP contribution in [0.3, 0.4) is 0 Å². The highest BCUT2D eigenvalue weighted by Gasteiger charge is 2.15. The Hall–Kier alpha value is -2.85. The number of nitrogens with one attached hydrogen (secondary N) is 1. The van der Waals surface area contributed by atoms with E-state index in [2.05, 4.69) is 9.93 Å². The second kappa shape index (κ2) is 8.26. The van der Waals surface area contributed by atoms with Crippen LogP contribution in [0.5, 0.6) is 11.5 Å². The second-order valence-electron chi connectivity index (χ2n) is 6.38. The fourth-order valence-electron chi connectivity index (χ4n) is 2.71. The zero-order valence-electron chi connectivity index (χ0n) is 16.4. The summed E-state index contributed by atoms with van der Waals surface area (Å²) in [6, 6.07) is 9.91. The van der Waals surface area contributed by atoms with Crippen molar-refractivity contribution in [2.75, 3.05) is 14.2 Å². The smallest absolute Gasteiger partial charge is 0.308 e. The molecule has 29 heavy (non-hydrogen) atoms. The summed E-state index contributed by atoms with van der Waals surface area (Å²) in [5.41, 5.74) is 2.05. The Morgan fingerprint density at radius 3 is 2.38 bits per heavy atom. The molecular weight excluding hydrogens is 414 g/mol. The second-order valence-corrected chi connectivity index (χ2v) is 9.04. The Morgan fingerprint density at radius 2 is 1.76 bits per heavy atom. The van der Waals surface area contributed by atoms with Crippen molar-refractivity contribution in [1.82, 2.24) is 9.40 Å². The van der Waals surface area contributed by atoms with Gasteiger partial charge >= 0.3 is 4.87 Å². The highest BCUT2D eigenvalue weighted by molar-refractivity contribution is 7.89. The third kappa shape index (κ3) is 4.43. The van der Waals surface area contributed by atoms with Crippen molar-refractivity contribution in [1.29, 1.82) is 0 Å². The number of sulfonamides is 1. The van der Waals surface area contributed by atoms with E-state index in [1.807, 2.05) is 6.92 Å². The molecule has 0 aliphatic rings. The molecule has 0 radical (unpaired) electrons. The predicted octanol–water partition coefficient (Wildman–Crippen LogP) is 2.74. The lowest BCUT2D eigenvalue weighted by atomic mass is 10.2. The van der Waals surface area contributed by atoms with Gasteiger partial charge in [-0.05, 0) is 26.0 Å². The van der Waals surface area contributed by atoms with Crippen molar-refractivity contribution in [2.45, 2.75) is 25.3 Å². The number of thiazole rings is 1. The molecule has 0 saturated carbocycles. The first kappa shape index (κ1) is 20.9. The molecule has 1 heterocycles. The van der Waals surface area contributed by atoms with E-state index >= 15 is 0 Å². The van der Waals surface area contributed by atoms with Gasteiger partial charge in [-0.25, -0.2) is 4.83 Å². The van der Waals surface area contributed by atoms with Gasteiger partial charge in [0.05, 0.1) is 41.6 Å². The number of hydrogen-bond donors (Lipinski definition) is 1. The summed E-state index contributed by atoms with van der Waals surface area (Å²) in [7, 11) is -0.735. The fourth-order valence-corrected chi connectivity index (χ4v) is 4.49. The fraction of sp³-hybridized carbons (Fsp3) is 0.263. The zero-order valence-corrected chi connectivity index (χ0v) is 18.1. The lowest BCUT2D eigenvalue weighted by Crippen LogP contribution is -2.23. The number of hydrogen-bond acceptors (Lipinski definition) is 7. The summed E-state index contributed by atoms with van der Waals surface area (Å²) in [4.78, 5) is 14.6. The lowest BCUT2D eigenvalue weighted by molar-refractivity contribution is 0.356. The van der Waals surface area contributed by atoms with Gasteiger partial charge in [-0.3, -0.25) is 9.36 Å². The van der Waals surface area contributed by atoms with E-state index in [1.54, 1.807) is 31.2 Å². The Kier molecular flexibility index (Phi) is 5.94. The molecular formula is C19H21N3O5S2. The summed E-state index contributed by atoms with van der Waals surface area (Å²) in [6.45, 7) is 3.65. The van der Waals surface area contributed by atoms with Gasteiger partial charge in [-0.2, -0.15) is 13.5 Å². The molecule has 0 aliphatic heterocycles. The van der Waals surface area contributed by atoms with E-state index in [-0.39, 0.29) is 16.3 Å². The first-order valence-electron chi connectivity index (χ1n) is 8.62. The predicted molar refractivity (Wildman–Crippen MR) is 114 cm³/mol. The van der Waals surface area contributed by atoms with Gasteiger partial charge in [-0.15, -0.1) is 0 Å². The van der Waals surface area contributed by atoms with E-state index in [0.29, 0.717) is 22.7 Å². The molecule has 0 spiro atoms. The molecule has 1 N–H and O–H groups in total. The van der Waals surface area contributed by atoms with Crippen LogP contribution in [0, 0.1) is 6.92 Å². The first-order valence-corrected chi connectivity index (χ1v) is 10.9. The molecule has 8 nitrogen and oxygen atoms in total. The van der Waals surface area contributed by atoms with Crippen LogP contribution >= 0.6 is 11.3 Å². The average molecular weight is 436 g/mol. The number of aromatic nitrogens is 1. The van der Waals surface area contributed by atoms with Crippen LogP contribution in [-0.2, 0) is 16.6 Å². The van der Waals surface area contributed by atoms with Gasteiger partial charge in [0.15, 0.2) is 11.5 Å². The van der Waals surface area contributed by atoms with E-state index in [0.717, 1.165) is 21.6 Å². The monoisotopic (exact) mass is 435 g/mol. The molecule has 0 amide bonds. The van der Waals surface area contributed by atoms with E-state index < -0.39 is 10.0 Å². The van der Waals surface area contributed by atoms with Gasteiger partial charge in [0.1, 0.15) is 0 Å². The minimum absolute atomic E-state index is 0.120. The average Bonchev–Trinajstić information content (AvgIpc) is 3.00. The maximum Gasteiger partial charge on any atom is 0.308 e. The molecule has 10 heteroatoms. The molecule has 2 aromatic carbocycles. The van der Waals surface area contributed by atoms with Crippen LogP contribution in [-0.4, -0.2) is 32.9 Å². The number of fused-ring (bicyclic) bond motifs is 1. The number of hydrazone groups is 1. The first-order chi connectivity index (χ1) is 13.7. The van der Waals surface area contributed by atoms with Gasteiger partial charge in [0.2, 0.25) is 0 Å². The summed E-state index contributed by atoms with van der Waals surface area (Å²) >= 11 is 1.07. The molecule has 0 aliphatic carbocycles. The van der Waals surface area contributed by atoms with Gasteiger partial charge in [-0.1, -0.05) is 29.0 Å². The third-order valence-corrected chi connectivity index (χ3v) is 6.41. The van der Waals surface area contributed by atoms with Crippen LogP contribution in [0.1, 0.15) is 12.5 Å². The summed E-state index contributed by atoms with van der Waals surface area (Å²) in [5, 5.41) is 3.96. The number of rotatable bonds is 7. The maximum absolute atomic E-state index is 12.4. The molecule has 1 aromatic heterocycles. The molecule has 0 atom stereocenters. The minimum atomic E-state index is -3.78. The SMILES string of the molecule is COc1cc2sc(=O)n(C/C(C)=N/NS(=O)(=O)c3ccc(C)cc3)c2cc1OC. The summed E-state index contributed by atoms with van der Waals surface area (Å²) in [6.07, 6.45) is 0. The maximum atomic E-state index is 12.4. The Bertz CT molecular complexity index is 1230. The van der Waals surface area contributed by atoms with Crippen molar-refractivity contribution >= 4 is 37.3 Å². The van der Waals surface area contributed by atoms with Crippen molar-refractivity contribution in [3.05, 3.63) is 51.6 Å². The molecule has 3 rings (SSSR count). The summed E-state index contributed by atoms with van der Waals surface area (Å²) < 4.78 is 37.6. The quantitative estimate of drug-likeness (QED) is 0.454. The van der Waals surface area contributed by atoms with E-state index in [4.69, 9.17) is 9.47 Å². The Balaban J connectivity index is 1.87. The zero-order chi connectivity index (χ0) is 21.2. The standard InChI is InChI=1S/C19H21N3O5S2/c1-12-5-7-14(8-6-12)29(24,25)21-20-13(2)11-22-15-9-16(26-3)17(27-4)10-18(15)28-19(22)23/h5-10,21H,11H2,1-4H3/b20-13+. The van der Waals surface area contributed by atoms with Crippen LogP contribution < -0.4 is 19.2 Å². The van der Waals surface area contributed by atoms with Crippen LogP contribution in [0.2, 0.25) is 0 Å². The Labute approximate surface area is 172 Å². The van der Waals surface area contributed by atoms with Crippen LogP contribution in [0.25, 0.3) is 10.2 Å². The Morgan fingerprint density at radius 1 is 1.14 bits per heavy atom.